The van der Waals surface area contributed by atoms with Crippen molar-refractivity contribution in [3.8, 4) is 0 Å². The van der Waals surface area contributed by atoms with Crippen molar-refractivity contribution in [3.05, 3.63) is 58.1 Å². The highest BCUT2D eigenvalue weighted by molar-refractivity contribution is 6.35. The van der Waals surface area contributed by atoms with Crippen molar-refractivity contribution in [1.29, 1.82) is 0 Å². The van der Waals surface area contributed by atoms with E-state index < -0.39 is 5.97 Å². The molecule has 0 radical (unpaired) electrons. The zero-order chi connectivity index (χ0) is 16.8. The van der Waals surface area contributed by atoms with Crippen LogP contribution < -0.4 is 10.6 Å². The number of anilines is 2. The number of hydrogen-bond acceptors (Lipinski definition) is 4. The first kappa shape index (κ1) is 17.1. The van der Waals surface area contributed by atoms with Crippen LogP contribution in [0.3, 0.4) is 0 Å². The molecule has 0 fully saturated rings. The molecule has 0 aliphatic rings. The molecule has 7 heteroatoms. The molecule has 0 aliphatic heterocycles. The van der Waals surface area contributed by atoms with E-state index in [4.69, 9.17) is 23.2 Å². The molecule has 0 aromatic heterocycles. The van der Waals surface area contributed by atoms with Gasteiger partial charge in [-0.15, -0.1) is 0 Å². The Bertz CT molecular complexity index is 735. The minimum Gasteiger partial charge on any atom is -0.465 e. The molecule has 5 nitrogen and oxygen atoms in total. The predicted molar refractivity (Wildman–Crippen MR) is 91.4 cm³/mol. The molecular formula is C16H14Cl2N2O3. The molecule has 0 aliphatic carbocycles. The van der Waals surface area contributed by atoms with Crippen molar-refractivity contribution in [2.45, 2.75) is 0 Å². The topological polar surface area (TPSA) is 67.4 Å². The van der Waals surface area contributed by atoms with E-state index in [1.165, 1.54) is 7.11 Å². The van der Waals surface area contributed by atoms with Crippen LogP contribution in [0.25, 0.3) is 0 Å². The summed E-state index contributed by atoms with van der Waals surface area (Å²) in [7, 11) is 1.31. The van der Waals surface area contributed by atoms with Crippen molar-refractivity contribution >= 4 is 46.5 Å². The van der Waals surface area contributed by atoms with Crippen LogP contribution in [0.4, 0.5) is 11.4 Å². The number of carbonyl (C=O) groups excluding carboxylic acids is 2. The number of halogens is 2. The van der Waals surface area contributed by atoms with Gasteiger partial charge in [0.2, 0.25) is 5.91 Å². The van der Waals surface area contributed by atoms with E-state index in [0.29, 0.717) is 27.0 Å². The van der Waals surface area contributed by atoms with Gasteiger partial charge in [0.15, 0.2) is 0 Å². The van der Waals surface area contributed by atoms with Gasteiger partial charge in [0, 0.05) is 10.7 Å². The molecule has 0 spiro atoms. The molecule has 2 aromatic carbocycles. The van der Waals surface area contributed by atoms with Crippen LogP contribution >= 0.6 is 23.2 Å². The first-order valence-corrected chi connectivity index (χ1v) is 7.42. The van der Waals surface area contributed by atoms with Crippen molar-refractivity contribution < 1.29 is 14.3 Å². The second-order valence-corrected chi connectivity index (χ2v) is 5.44. The van der Waals surface area contributed by atoms with Crippen molar-refractivity contribution in [1.82, 2.24) is 0 Å². The fraction of sp³-hybridized carbons (Fsp3) is 0.125. The first-order chi connectivity index (χ1) is 11.0. The third-order valence-corrected chi connectivity index (χ3v) is 3.50. The molecule has 2 N–H and O–H groups in total. The Kier molecular flexibility index (Phi) is 5.84. The summed E-state index contributed by atoms with van der Waals surface area (Å²) >= 11 is 11.8. The summed E-state index contributed by atoms with van der Waals surface area (Å²) in [5, 5.41) is 6.46. The van der Waals surface area contributed by atoms with Crippen LogP contribution in [-0.2, 0) is 9.53 Å². The molecule has 0 heterocycles. The number of rotatable bonds is 5. The summed E-state index contributed by atoms with van der Waals surface area (Å²) in [6, 6.07) is 11.5. The molecule has 2 rings (SSSR count). The lowest BCUT2D eigenvalue weighted by Crippen LogP contribution is -2.22. The molecule has 23 heavy (non-hydrogen) atoms. The Morgan fingerprint density at radius 3 is 2.65 bits per heavy atom. The number of benzene rings is 2. The van der Waals surface area contributed by atoms with Gasteiger partial charge < -0.3 is 15.4 Å². The first-order valence-electron chi connectivity index (χ1n) is 6.67. The average molecular weight is 353 g/mol. The molecule has 1 amide bonds. The summed E-state index contributed by atoms with van der Waals surface area (Å²) in [6.07, 6.45) is 0. The average Bonchev–Trinajstić information content (AvgIpc) is 2.56. The quantitative estimate of drug-likeness (QED) is 0.802. The number of amides is 1. The molecule has 0 saturated carbocycles. The van der Waals surface area contributed by atoms with Gasteiger partial charge in [-0.2, -0.15) is 0 Å². The van der Waals surface area contributed by atoms with Crippen LogP contribution in [0.2, 0.25) is 10.0 Å². The van der Waals surface area contributed by atoms with Crippen LogP contribution in [0.15, 0.2) is 42.5 Å². The molecule has 0 atom stereocenters. The number of methoxy groups -OCH3 is 1. The Labute approximate surface area is 143 Å². The van der Waals surface area contributed by atoms with Gasteiger partial charge in [-0.25, -0.2) is 4.79 Å². The zero-order valence-corrected chi connectivity index (χ0v) is 13.7. The van der Waals surface area contributed by atoms with Crippen LogP contribution in [-0.4, -0.2) is 25.5 Å². The van der Waals surface area contributed by atoms with E-state index in [0.717, 1.165) is 0 Å². The molecule has 120 valence electrons. The van der Waals surface area contributed by atoms with Gasteiger partial charge in [0.25, 0.3) is 0 Å². The summed E-state index contributed by atoms with van der Waals surface area (Å²) in [4.78, 5) is 23.4. The molecule has 0 bridgehead atoms. The van der Waals surface area contributed by atoms with Gasteiger partial charge in [-0.3, -0.25) is 4.79 Å². The van der Waals surface area contributed by atoms with Crippen LogP contribution in [0.5, 0.6) is 0 Å². The van der Waals surface area contributed by atoms with Gasteiger partial charge in [0.05, 0.1) is 29.9 Å². The van der Waals surface area contributed by atoms with Crippen molar-refractivity contribution in [2.75, 3.05) is 24.3 Å². The van der Waals surface area contributed by atoms with Crippen LogP contribution in [0.1, 0.15) is 10.4 Å². The molecular weight excluding hydrogens is 339 g/mol. The highest BCUT2D eigenvalue weighted by Gasteiger charge is 2.08. The molecule has 0 saturated heterocycles. The van der Waals surface area contributed by atoms with E-state index in [1.807, 2.05) is 0 Å². The Hall–Kier alpha value is -2.24. The second kappa shape index (κ2) is 7.85. The Morgan fingerprint density at radius 1 is 1.13 bits per heavy atom. The number of nitrogens with one attached hydrogen (secondary N) is 2. The number of hydrogen-bond donors (Lipinski definition) is 2. The largest absolute Gasteiger partial charge is 0.465 e. The van der Waals surface area contributed by atoms with Crippen molar-refractivity contribution in [3.63, 3.8) is 0 Å². The SMILES string of the molecule is COC(=O)c1cccc(NCC(=O)Nc2cc(Cl)ccc2Cl)c1. The van der Waals surface area contributed by atoms with E-state index in [-0.39, 0.29) is 12.5 Å². The van der Waals surface area contributed by atoms with E-state index in [2.05, 4.69) is 15.4 Å². The minimum absolute atomic E-state index is 0.00741. The summed E-state index contributed by atoms with van der Waals surface area (Å²) in [5.74, 6) is -0.735. The summed E-state index contributed by atoms with van der Waals surface area (Å²) in [5.41, 5.74) is 1.46. The standard InChI is InChI=1S/C16H14Cl2N2O3/c1-23-16(22)10-3-2-4-12(7-10)19-9-15(21)20-14-8-11(17)5-6-13(14)18/h2-8,19H,9H2,1H3,(H,20,21). The Balaban J connectivity index is 1.97. The third kappa shape index (κ3) is 4.87. The smallest absolute Gasteiger partial charge is 0.337 e. The van der Waals surface area contributed by atoms with Crippen molar-refractivity contribution in [2.24, 2.45) is 0 Å². The second-order valence-electron chi connectivity index (χ2n) is 4.60. The van der Waals surface area contributed by atoms with E-state index in [9.17, 15) is 9.59 Å². The summed E-state index contributed by atoms with van der Waals surface area (Å²) in [6.45, 7) is 0.00741. The molecule has 2 aromatic rings. The maximum atomic E-state index is 12.0. The van der Waals surface area contributed by atoms with E-state index >= 15 is 0 Å². The third-order valence-electron chi connectivity index (χ3n) is 2.94. The van der Waals surface area contributed by atoms with Gasteiger partial charge in [0.1, 0.15) is 0 Å². The lowest BCUT2D eigenvalue weighted by molar-refractivity contribution is -0.114. The number of ether oxygens (including phenoxy) is 1. The zero-order valence-electron chi connectivity index (χ0n) is 12.2. The normalized spacial score (nSPS) is 10.0. The Morgan fingerprint density at radius 2 is 1.91 bits per heavy atom. The lowest BCUT2D eigenvalue weighted by Gasteiger charge is -2.10. The minimum atomic E-state index is -0.441. The molecule has 0 unspecified atom stereocenters. The fourth-order valence-electron chi connectivity index (χ4n) is 1.84. The van der Waals surface area contributed by atoms with Gasteiger partial charge in [-0.1, -0.05) is 29.3 Å². The monoisotopic (exact) mass is 352 g/mol. The highest BCUT2D eigenvalue weighted by atomic mass is 35.5. The fourth-order valence-corrected chi connectivity index (χ4v) is 2.18. The van der Waals surface area contributed by atoms with Gasteiger partial charge >= 0.3 is 5.97 Å². The number of carbonyl (C=O) groups is 2. The maximum Gasteiger partial charge on any atom is 0.337 e. The van der Waals surface area contributed by atoms with Gasteiger partial charge in [-0.05, 0) is 36.4 Å². The lowest BCUT2D eigenvalue weighted by atomic mass is 10.2. The summed E-state index contributed by atoms with van der Waals surface area (Å²) < 4.78 is 4.65. The highest BCUT2D eigenvalue weighted by Crippen LogP contribution is 2.25. The van der Waals surface area contributed by atoms with E-state index in [1.54, 1.807) is 42.5 Å². The van der Waals surface area contributed by atoms with Crippen LogP contribution in [0, 0.1) is 0 Å². The predicted octanol–water partition coefficient (Wildman–Crippen LogP) is 3.83. The maximum absolute atomic E-state index is 12.0. The number of esters is 1.